The topological polar surface area (TPSA) is 202 Å². The van der Waals surface area contributed by atoms with Crippen molar-refractivity contribution < 1.29 is 112 Å². The van der Waals surface area contributed by atoms with E-state index < -0.39 is 109 Å². The maximum atomic E-state index is 12.4. The monoisotopic (exact) mass is 934 g/mol. The van der Waals surface area contributed by atoms with Gasteiger partial charge in [-0.15, -0.1) is 0 Å². The number of hydrogen-bond acceptors (Lipinski definition) is 13. The van der Waals surface area contributed by atoms with Crippen LogP contribution in [0.5, 0.6) is 0 Å². The van der Waals surface area contributed by atoms with Gasteiger partial charge >= 0.3 is 42.6 Å². The molecule has 13 nitrogen and oxygen atoms in total. The highest BCUT2D eigenvalue weighted by molar-refractivity contribution is 7.91. The van der Waals surface area contributed by atoms with Crippen LogP contribution >= 0.6 is 0 Å². The van der Waals surface area contributed by atoms with Gasteiger partial charge in [-0.05, 0) is 63.2 Å². The summed E-state index contributed by atoms with van der Waals surface area (Å²) in [7, 11) is -9.26. The van der Waals surface area contributed by atoms with Gasteiger partial charge in [-0.1, -0.05) is 0 Å². The van der Waals surface area contributed by atoms with Crippen molar-refractivity contribution in [3.8, 4) is 0 Å². The predicted molar refractivity (Wildman–Crippen MR) is 175 cm³/mol. The molecule has 3 fully saturated rings. The average Bonchev–Trinajstić information content (AvgIpc) is 3.04. The lowest BCUT2D eigenvalue weighted by Gasteiger charge is -2.31. The standard InChI is InChI=1S/C11H14F6O5S.C10H15F3O4S.C9H13F3O4S/c12-10(13,14)9(19,11(15,16)17)6-22-8(18)5-7-1-3-23(20,21)4-2-7;1-7(10(11,12)13)17-9(14)6-8-2-4-18(15,16)5-3-8;10-9(11,12)6-16-8(13)5-7-1-3-17(14,15)4-2-7/h7,19H,1-6H2;7-8H,2-6H2,1H3;7H,1-6H2. The molecule has 1 N–H and O–H groups in total. The van der Waals surface area contributed by atoms with E-state index in [0.29, 0.717) is 25.7 Å². The molecule has 0 bridgehead atoms. The molecule has 342 valence electrons. The molecule has 0 aromatic heterocycles. The summed E-state index contributed by atoms with van der Waals surface area (Å²) in [6, 6.07) is 0. The molecule has 3 rings (SSSR count). The van der Waals surface area contributed by atoms with Crippen molar-refractivity contribution >= 4 is 47.4 Å². The highest BCUT2D eigenvalue weighted by atomic mass is 32.2. The number of esters is 3. The summed E-state index contributed by atoms with van der Waals surface area (Å²) in [5, 5.41) is 8.80. The van der Waals surface area contributed by atoms with Crippen molar-refractivity contribution in [2.75, 3.05) is 47.7 Å². The highest BCUT2D eigenvalue weighted by Gasteiger charge is 2.71. The number of hydrogen-bond donors (Lipinski definition) is 1. The molecule has 0 saturated carbocycles. The quantitative estimate of drug-likeness (QED) is 0.181. The first-order valence-electron chi connectivity index (χ1n) is 17.1. The number of halogens is 12. The molecule has 3 aliphatic rings. The number of alkyl halides is 12. The van der Waals surface area contributed by atoms with Gasteiger partial charge in [-0.3, -0.25) is 14.4 Å². The molecule has 0 spiro atoms. The Hall–Kier alpha value is -2.62. The summed E-state index contributed by atoms with van der Waals surface area (Å²) in [5.74, 6) is -4.58. The number of sulfone groups is 3. The Morgan fingerprint density at radius 1 is 0.534 bits per heavy atom. The molecule has 3 aliphatic heterocycles. The Balaban J connectivity index is 0.000000441. The number of aliphatic hydroxyl groups is 1. The van der Waals surface area contributed by atoms with Gasteiger partial charge in [0.15, 0.2) is 12.7 Å². The fourth-order valence-electron chi connectivity index (χ4n) is 5.24. The molecular formula is C30H42F12O13S3. The molecule has 0 radical (unpaired) electrons. The van der Waals surface area contributed by atoms with Crippen molar-refractivity contribution in [1.29, 1.82) is 0 Å². The van der Waals surface area contributed by atoms with Gasteiger partial charge in [0.05, 0.1) is 34.5 Å². The second kappa shape index (κ2) is 20.8. The molecule has 3 heterocycles. The smallest absolute Gasteiger partial charge is 0.429 e. The predicted octanol–water partition coefficient (Wildman–Crippen LogP) is 4.60. The van der Waals surface area contributed by atoms with Crippen LogP contribution in [0, 0.1) is 17.8 Å². The van der Waals surface area contributed by atoms with E-state index in [4.69, 9.17) is 5.11 Å². The highest BCUT2D eigenvalue weighted by Crippen LogP contribution is 2.43. The zero-order chi connectivity index (χ0) is 45.2. The lowest BCUT2D eigenvalue weighted by molar-refractivity contribution is -0.375. The minimum atomic E-state index is -6.07. The molecule has 0 aromatic rings. The maximum absolute atomic E-state index is 12.4. The zero-order valence-electron chi connectivity index (χ0n) is 30.4. The van der Waals surface area contributed by atoms with E-state index in [1.807, 2.05) is 0 Å². The van der Waals surface area contributed by atoms with Crippen LogP contribution in [0.25, 0.3) is 0 Å². The molecule has 3 saturated heterocycles. The summed E-state index contributed by atoms with van der Waals surface area (Å²) >= 11 is 0. The summed E-state index contributed by atoms with van der Waals surface area (Å²) < 4.78 is 225. The first-order chi connectivity index (χ1) is 26.0. The first kappa shape index (κ1) is 53.4. The van der Waals surface area contributed by atoms with Crippen molar-refractivity contribution in [2.24, 2.45) is 17.8 Å². The van der Waals surface area contributed by atoms with Crippen LogP contribution in [0.2, 0.25) is 0 Å². The Bertz CT molecular complexity index is 1650. The van der Waals surface area contributed by atoms with Crippen molar-refractivity contribution in [2.45, 2.75) is 101 Å². The van der Waals surface area contributed by atoms with Crippen molar-refractivity contribution in [3.05, 3.63) is 0 Å². The molecule has 28 heteroatoms. The van der Waals surface area contributed by atoms with Gasteiger partial charge in [-0.25, -0.2) is 25.3 Å². The summed E-state index contributed by atoms with van der Waals surface area (Å²) in [6.45, 7) is -3.12. The second-order valence-electron chi connectivity index (χ2n) is 13.9. The molecule has 0 aromatic carbocycles. The Labute approximate surface area is 325 Å². The van der Waals surface area contributed by atoms with E-state index in [1.54, 1.807) is 0 Å². The van der Waals surface area contributed by atoms with Gasteiger partial charge in [0.2, 0.25) is 0 Å². The molecule has 0 amide bonds. The molecule has 58 heavy (non-hydrogen) atoms. The molecule has 1 unspecified atom stereocenters. The van der Waals surface area contributed by atoms with Crippen LogP contribution in [0.1, 0.15) is 64.7 Å². The Morgan fingerprint density at radius 2 is 0.810 bits per heavy atom. The lowest BCUT2D eigenvalue weighted by atomic mass is 9.99. The van der Waals surface area contributed by atoms with Crippen LogP contribution in [-0.2, 0) is 58.1 Å². The second-order valence-corrected chi connectivity index (χ2v) is 20.8. The van der Waals surface area contributed by atoms with E-state index in [-0.39, 0.29) is 72.0 Å². The van der Waals surface area contributed by atoms with E-state index in [1.165, 1.54) is 0 Å². The van der Waals surface area contributed by atoms with E-state index in [2.05, 4.69) is 14.2 Å². The van der Waals surface area contributed by atoms with Crippen molar-refractivity contribution in [3.63, 3.8) is 0 Å². The largest absolute Gasteiger partial charge is 0.462 e. The van der Waals surface area contributed by atoms with Crippen LogP contribution in [0.3, 0.4) is 0 Å². The molecule has 0 aliphatic carbocycles. The van der Waals surface area contributed by atoms with E-state index >= 15 is 0 Å². The number of carbonyl (C=O) groups is 3. The fraction of sp³-hybridized carbons (Fsp3) is 0.900. The third-order valence-corrected chi connectivity index (χ3v) is 14.1. The third kappa shape index (κ3) is 20.1. The zero-order valence-corrected chi connectivity index (χ0v) is 32.9. The maximum Gasteiger partial charge on any atom is 0.429 e. The van der Waals surface area contributed by atoms with Crippen LogP contribution in [0.15, 0.2) is 0 Å². The summed E-state index contributed by atoms with van der Waals surface area (Å²) in [5.41, 5.74) is -5.15. The van der Waals surface area contributed by atoms with Crippen LogP contribution < -0.4 is 0 Å². The fourth-order valence-corrected chi connectivity index (χ4v) is 10.0. The Kier molecular flexibility index (Phi) is 19.1. The molecular weight excluding hydrogens is 892 g/mol. The van der Waals surface area contributed by atoms with Gasteiger partial charge < -0.3 is 19.3 Å². The third-order valence-electron chi connectivity index (χ3n) is 8.93. The Morgan fingerprint density at radius 3 is 1.07 bits per heavy atom. The van der Waals surface area contributed by atoms with Crippen molar-refractivity contribution in [1.82, 2.24) is 0 Å². The van der Waals surface area contributed by atoms with Gasteiger partial charge in [-0.2, -0.15) is 52.7 Å². The first-order valence-corrected chi connectivity index (χ1v) is 22.5. The van der Waals surface area contributed by atoms with Gasteiger partial charge in [0.25, 0.3) is 5.60 Å². The van der Waals surface area contributed by atoms with Crippen LogP contribution in [-0.4, -0.2) is 132 Å². The molecule has 1 atom stereocenters. The normalized spacial score (nSPS) is 21.2. The van der Waals surface area contributed by atoms with Gasteiger partial charge in [0.1, 0.15) is 36.1 Å². The van der Waals surface area contributed by atoms with Gasteiger partial charge in [0, 0.05) is 19.3 Å². The minimum absolute atomic E-state index is 0.00970. The number of ether oxygens (including phenoxy) is 3. The van der Waals surface area contributed by atoms with E-state index in [9.17, 15) is 92.3 Å². The number of rotatable bonds is 10. The number of carbonyl (C=O) groups excluding carboxylic acids is 3. The SMILES string of the molecule is CC(OC(=O)CC1CCS(=O)(=O)CC1)C(F)(F)F.O=C(CC1CCS(=O)(=O)CC1)OCC(F)(F)F.O=C(CC1CCS(=O)(=O)CC1)OCC(O)(C(F)(F)F)C(F)(F)F. The average molecular weight is 935 g/mol. The van der Waals surface area contributed by atoms with E-state index in [0.717, 1.165) is 6.92 Å². The summed E-state index contributed by atoms with van der Waals surface area (Å²) in [6.07, 6.45) is -22.8. The van der Waals surface area contributed by atoms with Crippen LogP contribution in [0.4, 0.5) is 52.7 Å². The lowest BCUT2D eigenvalue weighted by Crippen LogP contribution is -2.60. The minimum Gasteiger partial charge on any atom is -0.462 e. The summed E-state index contributed by atoms with van der Waals surface area (Å²) in [4.78, 5) is 33.7.